The second-order valence-corrected chi connectivity index (χ2v) is 4.35. The van der Waals surface area contributed by atoms with Crippen LogP contribution < -0.4 is 15.2 Å². The molecule has 0 heterocycles. The van der Waals surface area contributed by atoms with Gasteiger partial charge < -0.3 is 15.2 Å². The first kappa shape index (κ1) is 10.6. The van der Waals surface area contributed by atoms with Gasteiger partial charge in [0, 0.05) is 6.07 Å². The van der Waals surface area contributed by atoms with Gasteiger partial charge in [0.1, 0.15) is 18.1 Å². The molecule has 1 fully saturated rings. The molecule has 0 spiro atoms. The highest BCUT2D eigenvalue weighted by atomic mass is 35.5. The fraction of sp³-hybridized carbons (Fsp3) is 0.455. The zero-order valence-electron chi connectivity index (χ0n) is 8.63. The molecule has 1 saturated carbocycles. The molecule has 0 atom stereocenters. The van der Waals surface area contributed by atoms with Crippen molar-refractivity contribution in [3.05, 3.63) is 23.2 Å². The van der Waals surface area contributed by atoms with Crippen LogP contribution in [0.25, 0.3) is 0 Å². The number of benzene rings is 1. The molecule has 1 aromatic carbocycles. The van der Waals surface area contributed by atoms with E-state index in [2.05, 4.69) is 0 Å². The lowest BCUT2D eigenvalue weighted by molar-refractivity contribution is 0.279. The molecule has 0 aromatic heterocycles. The third-order valence-electron chi connectivity index (χ3n) is 2.55. The minimum atomic E-state index is -0.122. The molecule has 2 rings (SSSR count). The van der Waals surface area contributed by atoms with Gasteiger partial charge in [0.2, 0.25) is 0 Å². The van der Waals surface area contributed by atoms with E-state index in [0.717, 1.165) is 18.6 Å². The first-order valence-corrected chi connectivity index (χ1v) is 5.26. The van der Waals surface area contributed by atoms with Gasteiger partial charge in [0.25, 0.3) is 0 Å². The van der Waals surface area contributed by atoms with Crippen LogP contribution in [0.1, 0.15) is 12.8 Å². The number of methoxy groups -OCH3 is 1. The fourth-order valence-electron chi connectivity index (χ4n) is 1.25. The zero-order valence-corrected chi connectivity index (χ0v) is 9.38. The van der Waals surface area contributed by atoms with Crippen molar-refractivity contribution >= 4 is 11.6 Å². The molecule has 2 N–H and O–H groups in total. The van der Waals surface area contributed by atoms with Crippen molar-refractivity contribution in [2.24, 2.45) is 5.73 Å². The van der Waals surface area contributed by atoms with Crippen molar-refractivity contribution < 1.29 is 9.47 Å². The monoisotopic (exact) mass is 227 g/mol. The van der Waals surface area contributed by atoms with Crippen LogP contribution in [0.5, 0.6) is 11.5 Å². The Morgan fingerprint density at radius 2 is 2.20 bits per heavy atom. The number of halogens is 1. The van der Waals surface area contributed by atoms with Gasteiger partial charge in [-0.05, 0) is 25.0 Å². The predicted molar refractivity (Wildman–Crippen MR) is 59.7 cm³/mol. The highest BCUT2D eigenvalue weighted by Gasteiger charge is 2.39. The van der Waals surface area contributed by atoms with Crippen LogP contribution >= 0.6 is 11.6 Å². The summed E-state index contributed by atoms with van der Waals surface area (Å²) in [6, 6.07) is 5.34. The fourth-order valence-corrected chi connectivity index (χ4v) is 1.48. The lowest BCUT2D eigenvalue weighted by Crippen LogP contribution is -2.29. The summed E-state index contributed by atoms with van der Waals surface area (Å²) in [5.74, 6) is 1.38. The van der Waals surface area contributed by atoms with Crippen LogP contribution in [0, 0.1) is 0 Å². The van der Waals surface area contributed by atoms with Gasteiger partial charge in [-0.2, -0.15) is 0 Å². The summed E-state index contributed by atoms with van der Waals surface area (Å²) < 4.78 is 10.6. The lowest BCUT2D eigenvalue weighted by atomic mass is 10.3. The van der Waals surface area contributed by atoms with Crippen LogP contribution in [-0.4, -0.2) is 19.3 Å². The molecule has 82 valence electrons. The molecule has 0 unspecified atom stereocenters. The zero-order chi connectivity index (χ0) is 10.9. The molecule has 1 aromatic rings. The van der Waals surface area contributed by atoms with Crippen molar-refractivity contribution in [2.45, 2.75) is 18.4 Å². The Morgan fingerprint density at radius 1 is 1.47 bits per heavy atom. The maximum Gasteiger partial charge on any atom is 0.138 e. The molecule has 3 nitrogen and oxygen atoms in total. The lowest BCUT2D eigenvalue weighted by Gasteiger charge is -2.12. The molecule has 15 heavy (non-hydrogen) atoms. The minimum Gasteiger partial charge on any atom is -0.497 e. The predicted octanol–water partition coefficient (Wildman–Crippen LogP) is 2.22. The largest absolute Gasteiger partial charge is 0.497 e. The molecule has 0 bridgehead atoms. The number of ether oxygens (including phenoxy) is 2. The molecular formula is C11H14ClNO2. The van der Waals surface area contributed by atoms with Gasteiger partial charge in [-0.25, -0.2) is 0 Å². The first-order valence-electron chi connectivity index (χ1n) is 4.88. The second-order valence-electron chi connectivity index (χ2n) is 3.95. The van der Waals surface area contributed by atoms with Crippen molar-refractivity contribution in [3.8, 4) is 11.5 Å². The highest BCUT2D eigenvalue weighted by Crippen LogP contribution is 2.34. The van der Waals surface area contributed by atoms with E-state index >= 15 is 0 Å². The highest BCUT2D eigenvalue weighted by molar-refractivity contribution is 6.32. The summed E-state index contributed by atoms with van der Waals surface area (Å²) >= 11 is 6.01. The minimum absolute atomic E-state index is 0.122. The summed E-state index contributed by atoms with van der Waals surface area (Å²) in [4.78, 5) is 0. The summed E-state index contributed by atoms with van der Waals surface area (Å²) in [5, 5.41) is 0.554. The van der Waals surface area contributed by atoms with E-state index in [-0.39, 0.29) is 5.54 Å². The third kappa shape index (κ3) is 2.55. The normalized spacial score (nSPS) is 17.3. The Morgan fingerprint density at radius 3 is 2.73 bits per heavy atom. The van der Waals surface area contributed by atoms with Crippen molar-refractivity contribution in [1.29, 1.82) is 0 Å². The van der Waals surface area contributed by atoms with E-state index in [4.69, 9.17) is 26.8 Å². The van der Waals surface area contributed by atoms with Crippen molar-refractivity contribution in [2.75, 3.05) is 13.7 Å². The summed E-state index contributed by atoms with van der Waals surface area (Å²) in [6.45, 7) is 0.527. The average Bonchev–Trinajstić information content (AvgIpc) is 2.95. The quantitative estimate of drug-likeness (QED) is 0.858. The van der Waals surface area contributed by atoms with E-state index < -0.39 is 0 Å². The molecule has 1 aliphatic rings. The molecule has 0 aliphatic heterocycles. The van der Waals surface area contributed by atoms with Crippen molar-refractivity contribution in [1.82, 2.24) is 0 Å². The molecular weight excluding hydrogens is 214 g/mol. The van der Waals surface area contributed by atoms with Gasteiger partial charge in [0.15, 0.2) is 0 Å². The van der Waals surface area contributed by atoms with Gasteiger partial charge in [-0.3, -0.25) is 0 Å². The van der Waals surface area contributed by atoms with E-state index in [1.807, 2.05) is 6.07 Å². The summed E-state index contributed by atoms with van der Waals surface area (Å²) in [7, 11) is 1.60. The topological polar surface area (TPSA) is 44.5 Å². The standard InChI is InChI=1S/C11H14ClNO2/c1-14-8-2-3-10(9(12)6-8)15-7-11(13)4-5-11/h2-3,6H,4-5,7,13H2,1H3. The maximum atomic E-state index is 6.01. The van der Waals surface area contributed by atoms with E-state index in [9.17, 15) is 0 Å². The van der Waals surface area contributed by atoms with Crippen molar-refractivity contribution in [3.63, 3.8) is 0 Å². The Bertz CT molecular complexity index is 364. The Hall–Kier alpha value is -0.930. The van der Waals surface area contributed by atoms with Gasteiger partial charge >= 0.3 is 0 Å². The number of hydrogen-bond donors (Lipinski definition) is 1. The molecule has 0 radical (unpaired) electrons. The average molecular weight is 228 g/mol. The van der Waals surface area contributed by atoms with Gasteiger partial charge in [0.05, 0.1) is 17.7 Å². The number of hydrogen-bond acceptors (Lipinski definition) is 3. The van der Waals surface area contributed by atoms with Gasteiger partial charge in [-0.15, -0.1) is 0 Å². The second kappa shape index (κ2) is 3.91. The third-order valence-corrected chi connectivity index (χ3v) is 2.84. The summed E-state index contributed by atoms with van der Waals surface area (Å²) in [5.41, 5.74) is 5.79. The van der Waals surface area contributed by atoms with E-state index in [1.54, 1.807) is 19.2 Å². The van der Waals surface area contributed by atoms with E-state index in [1.165, 1.54) is 0 Å². The molecule has 4 heteroatoms. The van der Waals surface area contributed by atoms with Crippen LogP contribution in [0.15, 0.2) is 18.2 Å². The Labute approximate surface area is 94.1 Å². The van der Waals surface area contributed by atoms with Crippen LogP contribution in [0.3, 0.4) is 0 Å². The maximum absolute atomic E-state index is 6.01. The van der Waals surface area contributed by atoms with E-state index in [0.29, 0.717) is 17.4 Å². The SMILES string of the molecule is COc1ccc(OCC2(N)CC2)c(Cl)c1. The Balaban J connectivity index is 2.01. The first-order chi connectivity index (χ1) is 7.13. The molecule has 1 aliphatic carbocycles. The smallest absolute Gasteiger partial charge is 0.138 e. The van der Waals surface area contributed by atoms with Crippen LogP contribution in [0.4, 0.5) is 0 Å². The number of nitrogens with two attached hydrogens (primary N) is 1. The molecule has 0 amide bonds. The Kier molecular flexibility index (Phi) is 2.76. The summed E-state index contributed by atoms with van der Waals surface area (Å²) in [6.07, 6.45) is 2.06. The van der Waals surface area contributed by atoms with Gasteiger partial charge in [-0.1, -0.05) is 11.6 Å². The van der Waals surface area contributed by atoms with Crippen LogP contribution in [-0.2, 0) is 0 Å². The van der Waals surface area contributed by atoms with Crippen LogP contribution in [0.2, 0.25) is 5.02 Å². The number of rotatable bonds is 4. The molecule has 0 saturated heterocycles.